The van der Waals surface area contributed by atoms with Gasteiger partial charge in [0.15, 0.2) is 0 Å². The Morgan fingerprint density at radius 3 is 2.78 bits per heavy atom. The molecule has 0 saturated carbocycles. The highest BCUT2D eigenvalue weighted by molar-refractivity contribution is 9.10. The summed E-state index contributed by atoms with van der Waals surface area (Å²) in [4.78, 5) is 12.3. The van der Waals surface area contributed by atoms with Crippen LogP contribution < -0.4 is 10.6 Å². The average Bonchev–Trinajstić information content (AvgIpc) is 2.73. The highest BCUT2D eigenvalue weighted by Crippen LogP contribution is 2.19. The topological polar surface area (TPSA) is 46.1 Å². The fourth-order valence-corrected chi connectivity index (χ4v) is 2.72. The number of nitrogens with one attached hydrogen (secondary N) is 2. The minimum atomic E-state index is 0.0290. The molecule has 2 heterocycles. The van der Waals surface area contributed by atoms with E-state index in [1.165, 1.54) is 0 Å². The van der Waals surface area contributed by atoms with E-state index in [1.54, 1.807) is 0 Å². The van der Waals surface area contributed by atoms with Crippen LogP contribution in [0.5, 0.6) is 0 Å². The second kappa shape index (κ2) is 5.89. The maximum atomic E-state index is 12.3. The number of hydrogen-bond donors (Lipinski definition) is 2. The smallest absolute Gasteiger partial charge is 0.268 e. The lowest BCUT2D eigenvalue weighted by atomic mass is 10.1. The van der Waals surface area contributed by atoms with Gasteiger partial charge in [0, 0.05) is 22.8 Å². The molecule has 18 heavy (non-hydrogen) atoms. The van der Waals surface area contributed by atoms with E-state index in [2.05, 4.69) is 40.4 Å². The minimum absolute atomic E-state index is 0.0290. The molecule has 2 rings (SSSR count). The summed E-state index contributed by atoms with van der Waals surface area (Å²) in [5.74, 6) is 0.0290. The Hall–Kier alpha value is -0.810. The maximum Gasteiger partial charge on any atom is 0.268 e. The molecular formula is C13H20BrN3O. The van der Waals surface area contributed by atoms with Crippen LogP contribution in [0.25, 0.3) is 0 Å². The predicted molar refractivity (Wildman–Crippen MR) is 75.9 cm³/mol. The lowest BCUT2D eigenvalue weighted by molar-refractivity contribution is 0.0918. The summed E-state index contributed by atoms with van der Waals surface area (Å²) in [6.07, 6.45) is 3.98. The van der Waals surface area contributed by atoms with Crippen molar-refractivity contribution in [1.29, 1.82) is 0 Å². The van der Waals surface area contributed by atoms with Gasteiger partial charge >= 0.3 is 0 Å². The molecular weight excluding hydrogens is 294 g/mol. The van der Waals surface area contributed by atoms with E-state index in [0.29, 0.717) is 6.04 Å². The van der Waals surface area contributed by atoms with Crippen LogP contribution in [-0.2, 0) is 0 Å². The number of aromatic nitrogens is 1. The van der Waals surface area contributed by atoms with Gasteiger partial charge in [-0.1, -0.05) is 0 Å². The van der Waals surface area contributed by atoms with E-state index >= 15 is 0 Å². The molecule has 4 nitrogen and oxygen atoms in total. The number of piperidine rings is 1. The van der Waals surface area contributed by atoms with Crippen LogP contribution in [0.2, 0.25) is 0 Å². The van der Waals surface area contributed by atoms with E-state index in [4.69, 9.17) is 0 Å². The molecule has 0 atom stereocenters. The summed E-state index contributed by atoms with van der Waals surface area (Å²) in [5, 5.41) is 6.42. The van der Waals surface area contributed by atoms with E-state index in [0.717, 1.165) is 36.1 Å². The van der Waals surface area contributed by atoms with Crippen LogP contribution >= 0.6 is 15.9 Å². The standard InChI is InChI=1S/C13H20BrN3O/c1-9(2)17-8-10(14)7-12(17)13(18)16-11-3-5-15-6-4-11/h7-9,11,15H,3-6H2,1-2H3,(H,16,18). The Kier molecular flexibility index (Phi) is 4.45. The van der Waals surface area contributed by atoms with Crippen LogP contribution in [-0.4, -0.2) is 29.6 Å². The molecule has 0 unspecified atom stereocenters. The number of carbonyl (C=O) groups is 1. The predicted octanol–water partition coefficient (Wildman–Crippen LogP) is 2.31. The molecule has 1 saturated heterocycles. The zero-order valence-corrected chi connectivity index (χ0v) is 12.5. The molecule has 0 radical (unpaired) electrons. The molecule has 1 aliphatic rings. The zero-order valence-electron chi connectivity index (χ0n) is 10.9. The van der Waals surface area contributed by atoms with Gasteiger partial charge in [-0.25, -0.2) is 0 Å². The highest BCUT2D eigenvalue weighted by atomic mass is 79.9. The van der Waals surface area contributed by atoms with Gasteiger partial charge in [0.1, 0.15) is 5.69 Å². The Morgan fingerprint density at radius 1 is 1.50 bits per heavy atom. The third kappa shape index (κ3) is 3.14. The molecule has 1 amide bonds. The summed E-state index contributed by atoms with van der Waals surface area (Å²) in [6.45, 7) is 6.13. The van der Waals surface area contributed by atoms with Gasteiger partial charge < -0.3 is 15.2 Å². The Labute approximate surface area is 116 Å². The molecule has 0 spiro atoms. The Morgan fingerprint density at radius 2 is 2.17 bits per heavy atom. The first-order valence-corrected chi connectivity index (χ1v) is 7.26. The quantitative estimate of drug-likeness (QED) is 0.899. The summed E-state index contributed by atoms with van der Waals surface area (Å²) in [7, 11) is 0. The fourth-order valence-electron chi connectivity index (χ4n) is 2.28. The number of rotatable bonds is 3. The van der Waals surface area contributed by atoms with Gasteiger partial charge in [0.2, 0.25) is 0 Å². The van der Waals surface area contributed by atoms with Gasteiger partial charge in [0.25, 0.3) is 5.91 Å². The van der Waals surface area contributed by atoms with Crippen molar-refractivity contribution in [3.63, 3.8) is 0 Å². The molecule has 5 heteroatoms. The van der Waals surface area contributed by atoms with Gasteiger partial charge in [-0.15, -0.1) is 0 Å². The first-order valence-electron chi connectivity index (χ1n) is 6.47. The number of halogens is 1. The Bertz CT molecular complexity index is 422. The summed E-state index contributed by atoms with van der Waals surface area (Å²) in [6, 6.07) is 2.47. The molecule has 1 aliphatic heterocycles. The molecule has 0 aromatic carbocycles. The van der Waals surface area contributed by atoms with Crippen LogP contribution in [0.4, 0.5) is 0 Å². The lowest BCUT2D eigenvalue weighted by Crippen LogP contribution is -2.43. The molecule has 100 valence electrons. The first kappa shape index (κ1) is 13.6. The van der Waals surface area contributed by atoms with Crippen molar-refractivity contribution >= 4 is 21.8 Å². The number of nitrogens with zero attached hydrogens (tertiary/aromatic N) is 1. The van der Waals surface area contributed by atoms with Crippen molar-refractivity contribution in [2.45, 2.75) is 38.8 Å². The van der Waals surface area contributed by atoms with E-state index in [1.807, 2.05) is 16.8 Å². The SMILES string of the molecule is CC(C)n1cc(Br)cc1C(=O)NC1CCNCC1. The van der Waals surface area contributed by atoms with Crippen LogP contribution in [0.3, 0.4) is 0 Å². The van der Waals surface area contributed by atoms with E-state index in [-0.39, 0.29) is 11.9 Å². The van der Waals surface area contributed by atoms with Crippen LogP contribution in [0.15, 0.2) is 16.7 Å². The van der Waals surface area contributed by atoms with Crippen molar-refractivity contribution in [3.8, 4) is 0 Å². The highest BCUT2D eigenvalue weighted by Gasteiger charge is 2.19. The Balaban J connectivity index is 2.08. The largest absolute Gasteiger partial charge is 0.348 e. The van der Waals surface area contributed by atoms with Crippen LogP contribution in [0.1, 0.15) is 43.2 Å². The van der Waals surface area contributed by atoms with Crippen molar-refractivity contribution in [2.75, 3.05) is 13.1 Å². The second-order valence-corrected chi connectivity index (χ2v) is 5.96. The molecule has 0 aliphatic carbocycles. The molecule has 1 aromatic rings. The molecule has 2 N–H and O–H groups in total. The zero-order chi connectivity index (χ0) is 13.1. The average molecular weight is 314 g/mol. The monoisotopic (exact) mass is 313 g/mol. The third-order valence-corrected chi connectivity index (χ3v) is 3.71. The number of hydrogen-bond acceptors (Lipinski definition) is 2. The molecule has 1 aromatic heterocycles. The molecule has 1 fully saturated rings. The van der Waals surface area contributed by atoms with Gasteiger partial charge in [-0.2, -0.15) is 0 Å². The van der Waals surface area contributed by atoms with Crippen molar-refractivity contribution in [3.05, 3.63) is 22.4 Å². The minimum Gasteiger partial charge on any atom is -0.348 e. The fraction of sp³-hybridized carbons (Fsp3) is 0.615. The van der Waals surface area contributed by atoms with Crippen molar-refractivity contribution in [1.82, 2.24) is 15.2 Å². The summed E-state index contributed by atoms with van der Waals surface area (Å²) < 4.78 is 2.95. The van der Waals surface area contributed by atoms with Gasteiger partial charge in [0.05, 0.1) is 0 Å². The van der Waals surface area contributed by atoms with Crippen molar-refractivity contribution < 1.29 is 4.79 Å². The van der Waals surface area contributed by atoms with E-state index in [9.17, 15) is 4.79 Å². The summed E-state index contributed by atoms with van der Waals surface area (Å²) >= 11 is 3.43. The molecule has 0 bridgehead atoms. The lowest BCUT2D eigenvalue weighted by Gasteiger charge is -2.24. The van der Waals surface area contributed by atoms with Gasteiger partial charge in [-0.05, 0) is 61.8 Å². The maximum absolute atomic E-state index is 12.3. The summed E-state index contributed by atoms with van der Waals surface area (Å²) in [5.41, 5.74) is 0.732. The van der Waals surface area contributed by atoms with Crippen molar-refractivity contribution in [2.24, 2.45) is 0 Å². The van der Waals surface area contributed by atoms with Crippen LogP contribution in [0, 0.1) is 0 Å². The first-order chi connectivity index (χ1) is 8.58. The normalized spacial score (nSPS) is 17.1. The van der Waals surface area contributed by atoms with Gasteiger partial charge in [-0.3, -0.25) is 4.79 Å². The van der Waals surface area contributed by atoms with E-state index < -0.39 is 0 Å². The number of amides is 1. The number of carbonyl (C=O) groups excluding carboxylic acids is 1. The second-order valence-electron chi connectivity index (χ2n) is 5.04. The third-order valence-electron chi connectivity index (χ3n) is 3.28.